The Morgan fingerprint density at radius 1 is 1.33 bits per heavy atom. The third-order valence-corrected chi connectivity index (χ3v) is 3.52. The molecule has 1 aromatic carbocycles. The van der Waals surface area contributed by atoms with Gasteiger partial charge in [-0.05, 0) is 56.0 Å². The van der Waals surface area contributed by atoms with E-state index in [2.05, 4.69) is 10.3 Å². The predicted molar refractivity (Wildman–Crippen MR) is 65.9 cm³/mol. The molecule has 1 aliphatic carbocycles. The van der Waals surface area contributed by atoms with Crippen molar-refractivity contribution in [3.63, 3.8) is 0 Å². The van der Waals surface area contributed by atoms with Gasteiger partial charge in [-0.3, -0.25) is 0 Å². The van der Waals surface area contributed by atoms with Crippen LogP contribution in [0.5, 0.6) is 0 Å². The lowest BCUT2D eigenvalue weighted by Crippen LogP contribution is -2.23. The molecule has 0 fully saturated rings. The number of halogens is 1. The summed E-state index contributed by atoms with van der Waals surface area (Å²) in [4.78, 5) is 0. The molecule has 1 heterocycles. The van der Waals surface area contributed by atoms with Gasteiger partial charge in [-0.2, -0.15) is 0 Å². The predicted octanol–water partition coefficient (Wildman–Crippen LogP) is 1.47. The first kappa shape index (κ1) is 11.3. The molecule has 1 unspecified atom stereocenters. The molecule has 2 aromatic rings. The summed E-state index contributed by atoms with van der Waals surface area (Å²) in [5, 5.41) is 8.39. The lowest BCUT2D eigenvalue weighted by atomic mass is 9.90. The lowest BCUT2D eigenvalue weighted by molar-refractivity contribution is 0.458. The number of aromatic nitrogens is 3. The van der Waals surface area contributed by atoms with Gasteiger partial charge in [0.05, 0.1) is 17.1 Å². The van der Waals surface area contributed by atoms with Crippen molar-refractivity contribution in [2.24, 2.45) is 11.7 Å². The van der Waals surface area contributed by atoms with Gasteiger partial charge < -0.3 is 5.73 Å². The number of nitrogens with zero attached hydrogens (tertiary/aromatic N) is 3. The fourth-order valence-corrected chi connectivity index (χ4v) is 2.45. The third kappa shape index (κ3) is 1.90. The van der Waals surface area contributed by atoms with Gasteiger partial charge in [0.15, 0.2) is 0 Å². The number of nitrogens with two attached hydrogens (primary N) is 1. The molecule has 4 nitrogen and oxygen atoms in total. The molecule has 0 spiro atoms. The second-order valence-electron chi connectivity index (χ2n) is 4.72. The number of benzene rings is 1. The highest BCUT2D eigenvalue weighted by Gasteiger charge is 2.23. The SMILES string of the molecule is NCC1CCc2c(nnn2-c2ccc(F)cc2)C1. The van der Waals surface area contributed by atoms with Crippen molar-refractivity contribution in [3.05, 3.63) is 41.5 Å². The summed E-state index contributed by atoms with van der Waals surface area (Å²) in [5.74, 6) is 0.270. The van der Waals surface area contributed by atoms with E-state index < -0.39 is 0 Å². The van der Waals surface area contributed by atoms with Crippen LogP contribution >= 0.6 is 0 Å². The van der Waals surface area contributed by atoms with Gasteiger partial charge in [0, 0.05) is 0 Å². The summed E-state index contributed by atoms with van der Waals surface area (Å²) in [6, 6.07) is 6.32. The molecule has 1 atom stereocenters. The minimum atomic E-state index is -0.240. The largest absolute Gasteiger partial charge is 0.330 e. The van der Waals surface area contributed by atoms with Crippen LogP contribution in [0.3, 0.4) is 0 Å². The molecule has 5 heteroatoms. The Balaban J connectivity index is 1.96. The third-order valence-electron chi connectivity index (χ3n) is 3.52. The average Bonchev–Trinajstić information content (AvgIpc) is 2.82. The molecule has 3 rings (SSSR count). The topological polar surface area (TPSA) is 56.7 Å². The quantitative estimate of drug-likeness (QED) is 0.873. The smallest absolute Gasteiger partial charge is 0.123 e. The fraction of sp³-hybridized carbons (Fsp3) is 0.385. The highest BCUT2D eigenvalue weighted by molar-refractivity contribution is 5.34. The first-order valence-corrected chi connectivity index (χ1v) is 6.17. The molecule has 2 N–H and O–H groups in total. The first-order chi connectivity index (χ1) is 8.78. The van der Waals surface area contributed by atoms with Crippen LogP contribution in [0.1, 0.15) is 17.8 Å². The lowest BCUT2D eigenvalue weighted by Gasteiger charge is -2.19. The zero-order valence-corrected chi connectivity index (χ0v) is 10.0. The van der Waals surface area contributed by atoms with Crippen molar-refractivity contribution >= 4 is 0 Å². The Hall–Kier alpha value is -1.75. The van der Waals surface area contributed by atoms with Crippen LogP contribution in [0, 0.1) is 11.7 Å². The van der Waals surface area contributed by atoms with Crippen LogP contribution in [0.4, 0.5) is 4.39 Å². The van der Waals surface area contributed by atoms with Crippen LogP contribution in [0.2, 0.25) is 0 Å². The molecule has 0 bridgehead atoms. The van der Waals surface area contributed by atoms with Gasteiger partial charge in [-0.25, -0.2) is 9.07 Å². The summed E-state index contributed by atoms with van der Waals surface area (Å²) >= 11 is 0. The van der Waals surface area contributed by atoms with Gasteiger partial charge in [-0.1, -0.05) is 5.21 Å². The molecule has 1 aliphatic rings. The number of hydrogen-bond donors (Lipinski definition) is 1. The summed E-state index contributed by atoms with van der Waals surface area (Å²) in [6.07, 6.45) is 2.90. The van der Waals surface area contributed by atoms with Gasteiger partial charge in [0.25, 0.3) is 0 Å². The van der Waals surface area contributed by atoms with E-state index in [0.29, 0.717) is 12.5 Å². The van der Waals surface area contributed by atoms with E-state index in [0.717, 1.165) is 36.3 Å². The molecular weight excluding hydrogens is 231 g/mol. The van der Waals surface area contributed by atoms with Crippen molar-refractivity contribution in [1.29, 1.82) is 0 Å². The van der Waals surface area contributed by atoms with Crippen LogP contribution in [0.25, 0.3) is 5.69 Å². The number of rotatable bonds is 2. The highest BCUT2D eigenvalue weighted by atomic mass is 19.1. The Morgan fingerprint density at radius 3 is 2.83 bits per heavy atom. The monoisotopic (exact) mass is 246 g/mol. The molecule has 0 amide bonds. The van der Waals surface area contributed by atoms with Crippen molar-refractivity contribution in [2.75, 3.05) is 6.54 Å². The zero-order valence-electron chi connectivity index (χ0n) is 10.0. The Labute approximate surface area is 105 Å². The van der Waals surface area contributed by atoms with E-state index in [4.69, 9.17) is 5.73 Å². The van der Waals surface area contributed by atoms with Crippen LogP contribution in [-0.4, -0.2) is 21.5 Å². The Kier molecular flexibility index (Phi) is 2.83. The van der Waals surface area contributed by atoms with E-state index in [1.54, 1.807) is 12.1 Å². The minimum absolute atomic E-state index is 0.240. The van der Waals surface area contributed by atoms with E-state index in [-0.39, 0.29) is 5.82 Å². The summed E-state index contributed by atoms with van der Waals surface area (Å²) in [6.45, 7) is 0.697. The van der Waals surface area contributed by atoms with Gasteiger partial charge in [0.1, 0.15) is 5.82 Å². The standard InChI is InChI=1S/C13H15FN4/c14-10-2-4-11(5-3-10)18-13-6-1-9(8-15)7-12(13)16-17-18/h2-5,9H,1,6-8,15H2. The summed E-state index contributed by atoms with van der Waals surface area (Å²) in [5.41, 5.74) is 8.72. The number of fused-ring (bicyclic) bond motifs is 1. The van der Waals surface area contributed by atoms with Crippen LogP contribution < -0.4 is 5.73 Å². The fourth-order valence-electron chi connectivity index (χ4n) is 2.45. The first-order valence-electron chi connectivity index (χ1n) is 6.17. The van der Waals surface area contributed by atoms with Crippen molar-refractivity contribution in [3.8, 4) is 5.69 Å². The van der Waals surface area contributed by atoms with E-state index in [1.807, 2.05) is 4.68 Å². The normalized spacial score (nSPS) is 18.7. The van der Waals surface area contributed by atoms with Crippen LogP contribution in [-0.2, 0) is 12.8 Å². The highest BCUT2D eigenvalue weighted by Crippen LogP contribution is 2.25. The molecule has 18 heavy (non-hydrogen) atoms. The molecule has 94 valence electrons. The Bertz CT molecular complexity index is 547. The van der Waals surface area contributed by atoms with Gasteiger partial charge >= 0.3 is 0 Å². The second-order valence-corrected chi connectivity index (χ2v) is 4.72. The van der Waals surface area contributed by atoms with Gasteiger partial charge in [0.2, 0.25) is 0 Å². The van der Waals surface area contributed by atoms with Crippen molar-refractivity contribution in [2.45, 2.75) is 19.3 Å². The van der Waals surface area contributed by atoms with Gasteiger partial charge in [-0.15, -0.1) is 5.10 Å². The van der Waals surface area contributed by atoms with E-state index in [1.165, 1.54) is 12.1 Å². The number of hydrogen-bond acceptors (Lipinski definition) is 3. The molecule has 0 radical (unpaired) electrons. The van der Waals surface area contributed by atoms with Crippen molar-refractivity contribution in [1.82, 2.24) is 15.0 Å². The molecule has 0 aliphatic heterocycles. The molecule has 0 saturated heterocycles. The van der Waals surface area contributed by atoms with E-state index in [9.17, 15) is 4.39 Å². The zero-order chi connectivity index (χ0) is 12.5. The minimum Gasteiger partial charge on any atom is -0.330 e. The maximum absolute atomic E-state index is 12.9. The average molecular weight is 246 g/mol. The Morgan fingerprint density at radius 2 is 2.11 bits per heavy atom. The van der Waals surface area contributed by atoms with Crippen molar-refractivity contribution < 1.29 is 4.39 Å². The summed E-state index contributed by atoms with van der Waals surface area (Å²) < 4.78 is 14.7. The molecule has 1 aromatic heterocycles. The van der Waals surface area contributed by atoms with E-state index >= 15 is 0 Å². The molecular formula is C13H15FN4. The summed E-state index contributed by atoms with van der Waals surface area (Å²) in [7, 11) is 0. The maximum atomic E-state index is 12.9. The second kappa shape index (κ2) is 4.49. The molecule has 0 saturated carbocycles. The maximum Gasteiger partial charge on any atom is 0.123 e. The van der Waals surface area contributed by atoms with Crippen LogP contribution in [0.15, 0.2) is 24.3 Å².